The molecule has 2 heteroatoms. The molecule has 1 nitrogen and oxygen atoms in total. The maximum Gasteiger partial charge on any atom is 0.0717 e. The molecule has 0 saturated carbocycles. The Balaban J connectivity index is 1.68. The van der Waals surface area contributed by atoms with Gasteiger partial charge >= 0.3 is 0 Å². The highest BCUT2D eigenvalue weighted by atomic mass is 32.2. The number of rotatable bonds is 4. The van der Waals surface area contributed by atoms with Crippen molar-refractivity contribution in [2.75, 3.05) is 12.4 Å². The summed E-state index contributed by atoms with van der Waals surface area (Å²) >= 11 is 2.10. The Labute approximate surface area is 103 Å². The van der Waals surface area contributed by atoms with Gasteiger partial charge in [-0.2, -0.15) is 11.8 Å². The van der Waals surface area contributed by atoms with Crippen molar-refractivity contribution in [3.63, 3.8) is 0 Å². The third-order valence-electron chi connectivity index (χ3n) is 3.06. The van der Waals surface area contributed by atoms with Crippen LogP contribution in [0.3, 0.4) is 0 Å². The minimum Gasteiger partial charge on any atom is -0.376 e. The number of ether oxygens (including phenoxy) is 1. The minimum atomic E-state index is 0.763. The first-order chi connectivity index (χ1) is 7.84. The van der Waals surface area contributed by atoms with E-state index in [0.717, 1.165) is 24.4 Å². The van der Waals surface area contributed by atoms with Gasteiger partial charge in [0.2, 0.25) is 0 Å². The zero-order valence-electron chi connectivity index (χ0n) is 9.89. The summed E-state index contributed by atoms with van der Waals surface area (Å²) in [6, 6.07) is 10.4. The van der Waals surface area contributed by atoms with E-state index in [-0.39, 0.29) is 0 Å². The molecule has 2 rings (SSSR count). The molecular formula is C14H20OS. The van der Waals surface area contributed by atoms with Crippen LogP contribution in [0, 0.1) is 5.92 Å². The number of thioether (sulfide) groups is 1. The monoisotopic (exact) mass is 236 g/mol. The van der Waals surface area contributed by atoms with Crippen LogP contribution >= 0.6 is 11.8 Å². The molecular weight excluding hydrogens is 216 g/mol. The molecule has 0 radical (unpaired) electrons. The van der Waals surface area contributed by atoms with Crippen LogP contribution in [-0.4, -0.2) is 17.6 Å². The fraction of sp³-hybridized carbons (Fsp3) is 0.571. The Kier molecular flexibility index (Phi) is 4.73. The van der Waals surface area contributed by atoms with Crippen LogP contribution in [0.15, 0.2) is 30.3 Å². The quantitative estimate of drug-likeness (QED) is 0.787. The van der Waals surface area contributed by atoms with Gasteiger partial charge in [-0.05, 0) is 30.1 Å². The maximum atomic E-state index is 5.80. The van der Waals surface area contributed by atoms with Crippen molar-refractivity contribution in [2.24, 2.45) is 5.92 Å². The van der Waals surface area contributed by atoms with Gasteiger partial charge in [0.1, 0.15) is 0 Å². The molecule has 1 saturated heterocycles. The zero-order valence-corrected chi connectivity index (χ0v) is 10.7. The molecule has 1 aliphatic rings. The van der Waals surface area contributed by atoms with Crippen molar-refractivity contribution >= 4 is 11.8 Å². The molecule has 88 valence electrons. The summed E-state index contributed by atoms with van der Waals surface area (Å²) in [5.74, 6) is 2.08. The molecule has 0 amide bonds. The van der Waals surface area contributed by atoms with Crippen molar-refractivity contribution in [1.82, 2.24) is 0 Å². The SMILES string of the molecule is CC1CC(COCc2ccccc2)CCS1. The molecule has 1 aromatic carbocycles. The molecule has 2 atom stereocenters. The lowest BCUT2D eigenvalue weighted by Gasteiger charge is -2.26. The van der Waals surface area contributed by atoms with E-state index >= 15 is 0 Å². The third-order valence-corrected chi connectivity index (χ3v) is 4.29. The number of benzene rings is 1. The third kappa shape index (κ3) is 3.84. The van der Waals surface area contributed by atoms with Crippen LogP contribution in [0.25, 0.3) is 0 Å². The molecule has 0 N–H and O–H groups in total. The highest BCUT2D eigenvalue weighted by Crippen LogP contribution is 2.29. The van der Waals surface area contributed by atoms with Crippen molar-refractivity contribution in [3.8, 4) is 0 Å². The lowest BCUT2D eigenvalue weighted by atomic mass is 10.0. The van der Waals surface area contributed by atoms with Gasteiger partial charge in [-0.15, -0.1) is 0 Å². The second kappa shape index (κ2) is 6.31. The molecule has 1 aliphatic heterocycles. The maximum absolute atomic E-state index is 5.80. The van der Waals surface area contributed by atoms with Gasteiger partial charge < -0.3 is 4.74 Å². The Hall–Kier alpha value is -0.470. The van der Waals surface area contributed by atoms with Crippen LogP contribution < -0.4 is 0 Å². The van der Waals surface area contributed by atoms with E-state index in [1.165, 1.54) is 24.2 Å². The van der Waals surface area contributed by atoms with Crippen molar-refractivity contribution in [2.45, 2.75) is 31.6 Å². The van der Waals surface area contributed by atoms with Gasteiger partial charge in [0.15, 0.2) is 0 Å². The second-order valence-corrected chi connectivity index (χ2v) is 6.12. The second-order valence-electron chi connectivity index (χ2n) is 4.57. The van der Waals surface area contributed by atoms with E-state index < -0.39 is 0 Å². The number of hydrogen-bond donors (Lipinski definition) is 0. The fourth-order valence-electron chi connectivity index (χ4n) is 2.16. The summed E-state index contributed by atoms with van der Waals surface area (Å²) in [5, 5.41) is 0.819. The van der Waals surface area contributed by atoms with E-state index in [1.54, 1.807) is 0 Å². The Bertz CT molecular complexity index is 299. The van der Waals surface area contributed by atoms with Crippen LogP contribution in [0.2, 0.25) is 0 Å². The standard InChI is InChI=1S/C14H20OS/c1-12-9-14(7-8-16-12)11-15-10-13-5-3-2-4-6-13/h2-6,12,14H,7-11H2,1H3. The Morgan fingerprint density at radius 3 is 2.88 bits per heavy atom. The summed E-state index contributed by atoms with van der Waals surface area (Å²) in [6.07, 6.45) is 2.64. The molecule has 0 aliphatic carbocycles. The molecule has 0 bridgehead atoms. The van der Waals surface area contributed by atoms with E-state index in [1.807, 2.05) is 6.07 Å². The predicted octanol–water partition coefficient (Wildman–Crippen LogP) is 3.73. The van der Waals surface area contributed by atoms with E-state index in [2.05, 4.69) is 43.0 Å². The van der Waals surface area contributed by atoms with Crippen LogP contribution in [0.5, 0.6) is 0 Å². The predicted molar refractivity (Wildman–Crippen MR) is 70.7 cm³/mol. The van der Waals surface area contributed by atoms with Crippen molar-refractivity contribution in [1.29, 1.82) is 0 Å². The molecule has 0 aromatic heterocycles. The smallest absolute Gasteiger partial charge is 0.0717 e. The molecule has 1 fully saturated rings. The van der Waals surface area contributed by atoms with E-state index in [9.17, 15) is 0 Å². The van der Waals surface area contributed by atoms with E-state index in [0.29, 0.717) is 0 Å². The average Bonchev–Trinajstić information content (AvgIpc) is 2.30. The number of hydrogen-bond acceptors (Lipinski definition) is 2. The van der Waals surface area contributed by atoms with Gasteiger partial charge in [-0.3, -0.25) is 0 Å². The van der Waals surface area contributed by atoms with Gasteiger partial charge in [0, 0.05) is 11.9 Å². The zero-order chi connectivity index (χ0) is 11.2. The van der Waals surface area contributed by atoms with Crippen molar-refractivity contribution in [3.05, 3.63) is 35.9 Å². The summed E-state index contributed by atoms with van der Waals surface area (Å²) < 4.78 is 5.80. The normalized spacial score (nSPS) is 25.6. The van der Waals surface area contributed by atoms with Crippen molar-refractivity contribution < 1.29 is 4.74 Å². The first-order valence-corrected chi connectivity index (χ1v) is 7.13. The van der Waals surface area contributed by atoms with E-state index in [4.69, 9.17) is 4.74 Å². The summed E-state index contributed by atoms with van der Waals surface area (Å²) in [4.78, 5) is 0. The van der Waals surface area contributed by atoms with Gasteiger partial charge in [0.05, 0.1) is 6.61 Å². The molecule has 1 heterocycles. The summed E-state index contributed by atoms with van der Waals surface area (Å²) in [6.45, 7) is 4.02. The molecule has 2 unspecified atom stereocenters. The molecule has 16 heavy (non-hydrogen) atoms. The largest absolute Gasteiger partial charge is 0.376 e. The highest BCUT2D eigenvalue weighted by Gasteiger charge is 2.19. The van der Waals surface area contributed by atoms with Crippen LogP contribution in [0.4, 0.5) is 0 Å². The van der Waals surface area contributed by atoms with Gasteiger partial charge in [-0.1, -0.05) is 37.3 Å². The fourth-order valence-corrected chi connectivity index (χ4v) is 3.44. The molecule has 0 spiro atoms. The topological polar surface area (TPSA) is 9.23 Å². The first-order valence-electron chi connectivity index (χ1n) is 6.08. The van der Waals surface area contributed by atoms with Gasteiger partial charge in [0.25, 0.3) is 0 Å². The van der Waals surface area contributed by atoms with Crippen LogP contribution in [-0.2, 0) is 11.3 Å². The lowest BCUT2D eigenvalue weighted by Crippen LogP contribution is -2.20. The lowest BCUT2D eigenvalue weighted by molar-refractivity contribution is 0.0822. The Morgan fingerprint density at radius 2 is 2.12 bits per heavy atom. The Morgan fingerprint density at radius 1 is 1.31 bits per heavy atom. The van der Waals surface area contributed by atoms with Crippen LogP contribution in [0.1, 0.15) is 25.3 Å². The average molecular weight is 236 g/mol. The van der Waals surface area contributed by atoms with Gasteiger partial charge in [-0.25, -0.2) is 0 Å². The summed E-state index contributed by atoms with van der Waals surface area (Å²) in [7, 11) is 0. The molecule has 1 aromatic rings. The summed E-state index contributed by atoms with van der Waals surface area (Å²) in [5.41, 5.74) is 1.28. The highest BCUT2D eigenvalue weighted by molar-refractivity contribution is 7.99. The first kappa shape index (κ1) is 12.0. The minimum absolute atomic E-state index is 0.763.